The summed E-state index contributed by atoms with van der Waals surface area (Å²) in [6, 6.07) is 16.8. The normalized spacial score (nSPS) is 17.7. The topological polar surface area (TPSA) is 38.5 Å². The molecule has 3 nitrogen and oxygen atoms in total. The van der Waals surface area contributed by atoms with Gasteiger partial charge in [0.2, 0.25) is 0 Å². The smallest absolute Gasteiger partial charge is 0.119 e. The lowest BCUT2D eigenvalue weighted by Crippen LogP contribution is -2.33. The van der Waals surface area contributed by atoms with Crippen molar-refractivity contribution in [2.75, 3.05) is 18.6 Å². The molecule has 104 valence electrons. The Morgan fingerprint density at radius 3 is 2.90 bits per heavy atom. The minimum atomic E-state index is 0.160. The third-order valence-corrected chi connectivity index (χ3v) is 3.89. The summed E-state index contributed by atoms with van der Waals surface area (Å²) in [5.74, 6) is 0.907. The Hall–Kier alpha value is -2.00. The van der Waals surface area contributed by atoms with Crippen LogP contribution in [0, 0.1) is 0 Å². The summed E-state index contributed by atoms with van der Waals surface area (Å²) in [7, 11) is 1.70. The Kier molecular flexibility index (Phi) is 3.61. The molecule has 0 saturated heterocycles. The average molecular weight is 268 g/mol. The number of nitrogens with zero attached hydrogens (tertiary/aromatic N) is 1. The van der Waals surface area contributed by atoms with Gasteiger partial charge in [0.05, 0.1) is 7.11 Å². The van der Waals surface area contributed by atoms with E-state index in [-0.39, 0.29) is 6.04 Å². The minimum Gasteiger partial charge on any atom is -0.497 e. The van der Waals surface area contributed by atoms with Crippen LogP contribution in [0.15, 0.2) is 48.5 Å². The SMILES string of the molecule is COc1cccc(CN2CCC(N)c3ccccc32)c1. The van der Waals surface area contributed by atoms with Crippen LogP contribution < -0.4 is 15.4 Å². The number of rotatable bonds is 3. The molecule has 0 bridgehead atoms. The summed E-state index contributed by atoms with van der Waals surface area (Å²) in [5.41, 5.74) is 9.97. The molecule has 0 saturated carbocycles. The molecule has 20 heavy (non-hydrogen) atoms. The summed E-state index contributed by atoms with van der Waals surface area (Å²) in [4.78, 5) is 2.40. The van der Waals surface area contributed by atoms with Crippen molar-refractivity contribution in [3.05, 3.63) is 59.7 Å². The lowest BCUT2D eigenvalue weighted by molar-refractivity contribution is 0.414. The third-order valence-electron chi connectivity index (χ3n) is 3.89. The van der Waals surface area contributed by atoms with Crippen LogP contribution >= 0.6 is 0 Å². The molecule has 1 heterocycles. The van der Waals surface area contributed by atoms with E-state index in [1.165, 1.54) is 16.8 Å². The standard InChI is InChI=1S/C17H20N2O/c1-20-14-6-4-5-13(11-14)12-19-10-9-16(18)15-7-2-3-8-17(15)19/h2-8,11,16H,9-10,12,18H2,1H3. The summed E-state index contributed by atoms with van der Waals surface area (Å²) >= 11 is 0. The van der Waals surface area contributed by atoms with Crippen LogP contribution in [0.4, 0.5) is 5.69 Å². The van der Waals surface area contributed by atoms with E-state index >= 15 is 0 Å². The van der Waals surface area contributed by atoms with Crippen LogP contribution in [0.1, 0.15) is 23.6 Å². The summed E-state index contributed by atoms with van der Waals surface area (Å²) in [6.07, 6.45) is 1.00. The fourth-order valence-electron chi connectivity index (χ4n) is 2.82. The van der Waals surface area contributed by atoms with Crippen molar-refractivity contribution in [2.45, 2.75) is 19.0 Å². The molecule has 0 spiro atoms. The number of anilines is 1. The lowest BCUT2D eigenvalue weighted by atomic mass is 9.97. The van der Waals surface area contributed by atoms with Gasteiger partial charge in [-0.2, -0.15) is 0 Å². The van der Waals surface area contributed by atoms with Gasteiger partial charge in [-0.05, 0) is 35.7 Å². The molecule has 1 atom stereocenters. The highest BCUT2D eigenvalue weighted by molar-refractivity contribution is 5.57. The zero-order valence-corrected chi connectivity index (χ0v) is 11.8. The van der Waals surface area contributed by atoms with Crippen LogP contribution in [-0.4, -0.2) is 13.7 Å². The maximum atomic E-state index is 6.20. The highest BCUT2D eigenvalue weighted by Crippen LogP contribution is 2.33. The Bertz CT molecular complexity index is 597. The van der Waals surface area contributed by atoms with E-state index in [1.54, 1.807) is 7.11 Å². The second kappa shape index (κ2) is 5.55. The molecule has 2 aromatic carbocycles. The first-order valence-electron chi connectivity index (χ1n) is 7.00. The predicted octanol–water partition coefficient (Wildman–Crippen LogP) is 3.11. The van der Waals surface area contributed by atoms with Crippen LogP contribution in [-0.2, 0) is 6.54 Å². The zero-order chi connectivity index (χ0) is 13.9. The van der Waals surface area contributed by atoms with E-state index < -0.39 is 0 Å². The molecule has 0 aliphatic carbocycles. The fourth-order valence-corrected chi connectivity index (χ4v) is 2.82. The molecule has 3 heteroatoms. The molecule has 1 unspecified atom stereocenters. The van der Waals surface area contributed by atoms with Crippen molar-refractivity contribution in [3.8, 4) is 5.75 Å². The molecule has 2 N–H and O–H groups in total. The number of ether oxygens (including phenoxy) is 1. The van der Waals surface area contributed by atoms with Crippen molar-refractivity contribution in [1.82, 2.24) is 0 Å². The first kappa shape index (κ1) is 13.0. The van der Waals surface area contributed by atoms with Gasteiger partial charge in [0.1, 0.15) is 5.75 Å². The Morgan fingerprint density at radius 1 is 1.20 bits per heavy atom. The molecule has 1 aliphatic heterocycles. The monoisotopic (exact) mass is 268 g/mol. The van der Waals surface area contributed by atoms with E-state index in [9.17, 15) is 0 Å². The molecule has 0 radical (unpaired) electrons. The molecule has 0 fully saturated rings. The van der Waals surface area contributed by atoms with E-state index in [1.807, 2.05) is 12.1 Å². The van der Waals surface area contributed by atoms with Crippen molar-refractivity contribution in [3.63, 3.8) is 0 Å². The summed E-state index contributed by atoms with van der Waals surface area (Å²) in [5, 5.41) is 0. The van der Waals surface area contributed by atoms with Gasteiger partial charge < -0.3 is 15.4 Å². The minimum absolute atomic E-state index is 0.160. The van der Waals surface area contributed by atoms with Gasteiger partial charge in [-0.1, -0.05) is 30.3 Å². The molecule has 0 aromatic heterocycles. The van der Waals surface area contributed by atoms with E-state index in [0.29, 0.717) is 0 Å². The largest absolute Gasteiger partial charge is 0.497 e. The third kappa shape index (κ3) is 2.49. The summed E-state index contributed by atoms with van der Waals surface area (Å²) < 4.78 is 5.29. The van der Waals surface area contributed by atoms with Crippen molar-refractivity contribution >= 4 is 5.69 Å². The number of methoxy groups -OCH3 is 1. The van der Waals surface area contributed by atoms with Crippen molar-refractivity contribution in [1.29, 1.82) is 0 Å². The number of fused-ring (bicyclic) bond motifs is 1. The van der Waals surface area contributed by atoms with Gasteiger partial charge in [-0.25, -0.2) is 0 Å². The van der Waals surface area contributed by atoms with Gasteiger partial charge >= 0.3 is 0 Å². The Balaban J connectivity index is 1.86. The van der Waals surface area contributed by atoms with Crippen LogP contribution in [0.2, 0.25) is 0 Å². The van der Waals surface area contributed by atoms with Crippen LogP contribution in [0.25, 0.3) is 0 Å². The Morgan fingerprint density at radius 2 is 2.05 bits per heavy atom. The highest BCUT2D eigenvalue weighted by Gasteiger charge is 2.21. The van der Waals surface area contributed by atoms with Crippen molar-refractivity contribution < 1.29 is 4.74 Å². The van der Waals surface area contributed by atoms with E-state index in [2.05, 4.69) is 41.3 Å². The second-order valence-electron chi connectivity index (χ2n) is 5.23. The number of nitrogens with two attached hydrogens (primary N) is 1. The van der Waals surface area contributed by atoms with E-state index in [4.69, 9.17) is 10.5 Å². The van der Waals surface area contributed by atoms with Crippen LogP contribution in [0.3, 0.4) is 0 Å². The molecule has 2 aromatic rings. The van der Waals surface area contributed by atoms with E-state index in [0.717, 1.165) is 25.3 Å². The number of para-hydroxylation sites is 1. The maximum absolute atomic E-state index is 6.20. The molecular weight excluding hydrogens is 248 g/mol. The Labute approximate surface area is 120 Å². The highest BCUT2D eigenvalue weighted by atomic mass is 16.5. The maximum Gasteiger partial charge on any atom is 0.119 e. The average Bonchev–Trinajstić information content (AvgIpc) is 2.51. The quantitative estimate of drug-likeness (QED) is 0.929. The zero-order valence-electron chi connectivity index (χ0n) is 11.8. The number of hydrogen-bond acceptors (Lipinski definition) is 3. The predicted molar refractivity (Wildman–Crippen MR) is 82.0 cm³/mol. The number of hydrogen-bond donors (Lipinski definition) is 1. The first-order chi connectivity index (χ1) is 9.78. The molecule has 1 aliphatic rings. The molecule has 3 rings (SSSR count). The molecular formula is C17H20N2O. The van der Waals surface area contributed by atoms with Crippen molar-refractivity contribution in [2.24, 2.45) is 5.73 Å². The molecule has 0 amide bonds. The fraction of sp³-hybridized carbons (Fsp3) is 0.294. The van der Waals surface area contributed by atoms with Gasteiger partial charge in [-0.15, -0.1) is 0 Å². The van der Waals surface area contributed by atoms with Crippen LogP contribution in [0.5, 0.6) is 5.75 Å². The van der Waals surface area contributed by atoms with Gasteiger partial charge in [0.25, 0.3) is 0 Å². The lowest BCUT2D eigenvalue weighted by Gasteiger charge is -2.34. The number of benzene rings is 2. The first-order valence-corrected chi connectivity index (χ1v) is 7.00. The van der Waals surface area contributed by atoms with Gasteiger partial charge in [0.15, 0.2) is 0 Å². The second-order valence-corrected chi connectivity index (χ2v) is 5.23. The van der Waals surface area contributed by atoms with Gasteiger partial charge in [-0.3, -0.25) is 0 Å². The summed E-state index contributed by atoms with van der Waals surface area (Å²) in [6.45, 7) is 1.89. The van der Waals surface area contributed by atoms with Gasteiger partial charge in [0, 0.05) is 24.8 Å².